The SMILES string of the molecule is CCOc1cc(CNc2ccc(Cl)cc2)cc(I)c1OCc1ccccc1F. The molecule has 0 atom stereocenters. The van der Waals surface area contributed by atoms with Crippen LogP contribution in [0.25, 0.3) is 0 Å². The Labute approximate surface area is 183 Å². The monoisotopic (exact) mass is 511 g/mol. The fraction of sp³-hybridized carbons (Fsp3) is 0.182. The first-order chi connectivity index (χ1) is 13.6. The van der Waals surface area contributed by atoms with Crippen molar-refractivity contribution in [3.05, 3.63) is 86.2 Å². The molecule has 0 spiro atoms. The molecular weight excluding hydrogens is 492 g/mol. The quantitative estimate of drug-likeness (QED) is 0.343. The Morgan fingerprint density at radius 1 is 1.04 bits per heavy atom. The maximum atomic E-state index is 13.9. The lowest BCUT2D eigenvalue weighted by molar-refractivity contribution is 0.264. The maximum absolute atomic E-state index is 13.9. The summed E-state index contributed by atoms with van der Waals surface area (Å²) in [6, 6.07) is 18.1. The van der Waals surface area contributed by atoms with E-state index in [1.54, 1.807) is 18.2 Å². The van der Waals surface area contributed by atoms with E-state index in [4.69, 9.17) is 21.1 Å². The number of benzene rings is 3. The molecule has 0 aliphatic carbocycles. The lowest BCUT2D eigenvalue weighted by Gasteiger charge is -2.16. The van der Waals surface area contributed by atoms with Crippen LogP contribution in [-0.4, -0.2) is 6.61 Å². The summed E-state index contributed by atoms with van der Waals surface area (Å²) in [5.74, 6) is 0.999. The van der Waals surface area contributed by atoms with Crippen molar-refractivity contribution in [2.75, 3.05) is 11.9 Å². The van der Waals surface area contributed by atoms with Crippen molar-refractivity contribution in [2.24, 2.45) is 0 Å². The van der Waals surface area contributed by atoms with Gasteiger partial charge in [0.1, 0.15) is 12.4 Å². The number of anilines is 1. The zero-order valence-electron chi connectivity index (χ0n) is 15.3. The minimum absolute atomic E-state index is 0.144. The maximum Gasteiger partial charge on any atom is 0.174 e. The van der Waals surface area contributed by atoms with Crippen molar-refractivity contribution >= 4 is 39.9 Å². The van der Waals surface area contributed by atoms with Gasteiger partial charge in [0.25, 0.3) is 0 Å². The number of ether oxygens (including phenoxy) is 2. The van der Waals surface area contributed by atoms with Gasteiger partial charge in [-0.25, -0.2) is 4.39 Å². The van der Waals surface area contributed by atoms with Gasteiger partial charge in [-0.1, -0.05) is 29.8 Å². The van der Waals surface area contributed by atoms with Gasteiger partial charge in [-0.3, -0.25) is 0 Å². The molecule has 28 heavy (non-hydrogen) atoms. The second-order valence-corrected chi connectivity index (χ2v) is 7.68. The van der Waals surface area contributed by atoms with Crippen molar-refractivity contribution < 1.29 is 13.9 Å². The molecule has 0 saturated heterocycles. The van der Waals surface area contributed by atoms with Gasteiger partial charge in [0.2, 0.25) is 0 Å². The molecule has 0 bridgehead atoms. The highest BCUT2D eigenvalue weighted by atomic mass is 127. The first-order valence-corrected chi connectivity index (χ1v) is 10.3. The van der Waals surface area contributed by atoms with Gasteiger partial charge in [0.15, 0.2) is 11.5 Å². The van der Waals surface area contributed by atoms with Crippen LogP contribution >= 0.6 is 34.2 Å². The van der Waals surface area contributed by atoms with Gasteiger partial charge >= 0.3 is 0 Å². The second kappa shape index (κ2) is 9.98. The Bertz CT molecular complexity index is 934. The van der Waals surface area contributed by atoms with Gasteiger partial charge in [-0.2, -0.15) is 0 Å². The summed E-state index contributed by atoms with van der Waals surface area (Å²) in [5.41, 5.74) is 2.55. The molecule has 0 heterocycles. The van der Waals surface area contributed by atoms with Crippen LogP contribution in [0.15, 0.2) is 60.7 Å². The Morgan fingerprint density at radius 2 is 1.79 bits per heavy atom. The lowest BCUT2D eigenvalue weighted by atomic mass is 10.2. The number of hydrogen-bond acceptors (Lipinski definition) is 3. The van der Waals surface area contributed by atoms with E-state index in [0.717, 1.165) is 14.8 Å². The molecule has 0 aliphatic heterocycles. The molecule has 0 aliphatic rings. The minimum Gasteiger partial charge on any atom is -0.490 e. The van der Waals surface area contributed by atoms with Gasteiger partial charge in [0.05, 0.1) is 10.2 Å². The molecule has 0 unspecified atom stereocenters. The summed E-state index contributed by atoms with van der Waals surface area (Å²) in [6.07, 6.45) is 0. The number of halogens is 3. The van der Waals surface area contributed by atoms with E-state index in [1.807, 2.05) is 43.3 Å². The first-order valence-electron chi connectivity index (χ1n) is 8.87. The molecule has 0 amide bonds. The number of nitrogens with one attached hydrogen (secondary N) is 1. The van der Waals surface area contributed by atoms with Crippen molar-refractivity contribution in [1.29, 1.82) is 0 Å². The van der Waals surface area contributed by atoms with E-state index in [1.165, 1.54) is 6.07 Å². The van der Waals surface area contributed by atoms with Crippen LogP contribution in [0.4, 0.5) is 10.1 Å². The third kappa shape index (κ3) is 5.52. The van der Waals surface area contributed by atoms with Gasteiger partial charge in [-0.05, 0) is 77.5 Å². The smallest absolute Gasteiger partial charge is 0.174 e. The van der Waals surface area contributed by atoms with Crippen LogP contribution in [-0.2, 0) is 13.2 Å². The summed E-state index contributed by atoms with van der Waals surface area (Å²) in [5, 5.41) is 4.07. The topological polar surface area (TPSA) is 30.5 Å². The fourth-order valence-corrected chi connectivity index (χ4v) is 3.61. The molecule has 0 saturated carbocycles. The molecular formula is C22H20ClFINO2. The predicted octanol–water partition coefficient (Wildman–Crippen LogP) is 6.67. The number of hydrogen-bond donors (Lipinski definition) is 1. The van der Waals surface area contributed by atoms with Gasteiger partial charge in [-0.15, -0.1) is 0 Å². The Morgan fingerprint density at radius 3 is 2.50 bits per heavy atom. The van der Waals surface area contributed by atoms with Crippen LogP contribution in [0.5, 0.6) is 11.5 Å². The van der Waals surface area contributed by atoms with E-state index in [-0.39, 0.29) is 12.4 Å². The minimum atomic E-state index is -0.278. The lowest BCUT2D eigenvalue weighted by Crippen LogP contribution is -2.05. The first kappa shape index (κ1) is 20.7. The molecule has 3 aromatic rings. The summed E-state index contributed by atoms with van der Waals surface area (Å²) in [4.78, 5) is 0. The molecule has 0 radical (unpaired) electrons. The largest absolute Gasteiger partial charge is 0.490 e. The van der Waals surface area contributed by atoms with Gasteiger partial charge < -0.3 is 14.8 Å². The molecule has 3 rings (SSSR count). The summed E-state index contributed by atoms with van der Waals surface area (Å²) < 4.78 is 26.5. The Balaban J connectivity index is 1.75. The van der Waals surface area contributed by atoms with E-state index >= 15 is 0 Å². The standard InChI is InChI=1S/C22H20ClFINO2/c1-2-27-21-12-15(13-26-18-9-7-17(23)8-10-18)11-20(25)22(21)28-14-16-5-3-4-6-19(16)24/h3-12,26H,2,13-14H2,1H3. The fourth-order valence-electron chi connectivity index (χ4n) is 2.66. The third-order valence-electron chi connectivity index (χ3n) is 4.04. The molecule has 1 N–H and O–H groups in total. The second-order valence-electron chi connectivity index (χ2n) is 6.08. The summed E-state index contributed by atoms with van der Waals surface area (Å²) in [7, 11) is 0. The van der Waals surface area contributed by atoms with E-state index in [9.17, 15) is 4.39 Å². The zero-order valence-corrected chi connectivity index (χ0v) is 18.3. The molecule has 3 nitrogen and oxygen atoms in total. The summed E-state index contributed by atoms with van der Waals surface area (Å²) in [6.45, 7) is 3.21. The van der Waals surface area contributed by atoms with Crippen LogP contribution in [0.2, 0.25) is 5.02 Å². The normalized spacial score (nSPS) is 10.6. The predicted molar refractivity (Wildman–Crippen MR) is 120 cm³/mol. The van der Waals surface area contributed by atoms with Crippen LogP contribution in [0.1, 0.15) is 18.1 Å². The van der Waals surface area contributed by atoms with Crippen molar-refractivity contribution in [3.63, 3.8) is 0 Å². The van der Waals surface area contributed by atoms with Crippen LogP contribution in [0, 0.1) is 9.39 Å². The van der Waals surface area contributed by atoms with Crippen LogP contribution < -0.4 is 14.8 Å². The highest BCUT2D eigenvalue weighted by Gasteiger charge is 2.13. The Hall–Kier alpha value is -1.99. The summed E-state index contributed by atoms with van der Waals surface area (Å²) >= 11 is 8.14. The van der Waals surface area contributed by atoms with E-state index < -0.39 is 0 Å². The van der Waals surface area contributed by atoms with Crippen LogP contribution in [0.3, 0.4) is 0 Å². The molecule has 0 aromatic heterocycles. The van der Waals surface area contributed by atoms with Crippen molar-refractivity contribution in [3.8, 4) is 11.5 Å². The zero-order chi connectivity index (χ0) is 19.9. The highest BCUT2D eigenvalue weighted by Crippen LogP contribution is 2.35. The molecule has 3 aromatic carbocycles. The van der Waals surface area contributed by atoms with E-state index in [0.29, 0.717) is 35.2 Å². The average Bonchev–Trinajstić information content (AvgIpc) is 2.68. The molecule has 146 valence electrons. The number of rotatable bonds is 8. The average molecular weight is 512 g/mol. The Kier molecular flexibility index (Phi) is 7.39. The molecule has 6 heteroatoms. The van der Waals surface area contributed by atoms with Crippen molar-refractivity contribution in [1.82, 2.24) is 0 Å². The van der Waals surface area contributed by atoms with Crippen molar-refractivity contribution in [2.45, 2.75) is 20.1 Å². The molecule has 0 fully saturated rings. The van der Waals surface area contributed by atoms with E-state index in [2.05, 4.69) is 27.9 Å². The van der Waals surface area contributed by atoms with Gasteiger partial charge in [0, 0.05) is 22.8 Å². The third-order valence-corrected chi connectivity index (χ3v) is 5.09. The highest BCUT2D eigenvalue weighted by molar-refractivity contribution is 14.1.